The number of carbonyl (C=O) groups excluding carboxylic acids is 1. The first-order valence-electron chi connectivity index (χ1n) is 17.2. The normalized spacial score (nSPS) is 11.7. The topological polar surface area (TPSA) is 44.8 Å². The van der Waals surface area contributed by atoms with Crippen LogP contribution in [0.1, 0.15) is 169 Å². The second-order valence-corrected chi connectivity index (χ2v) is 12.6. The average molecular weight is 573 g/mol. The Morgan fingerprint density at radius 3 is 1.54 bits per heavy atom. The molecule has 0 amide bonds. The number of unbranched alkanes of at least 4 members (excludes halogenated alkanes) is 18. The van der Waals surface area contributed by atoms with Crippen LogP contribution in [0.2, 0.25) is 0 Å². The van der Waals surface area contributed by atoms with Crippen molar-refractivity contribution in [1.29, 1.82) is 0 Å². The molecule has 236 valence electrons. The van der Waals surface area contributed by atoms with Crippen molar-refractivity contribution in [3.8, 4) is 11.5 Å². The molecule has 0 unspecified atom stereocenters. The van der Waals surface area contributed by atoms with Gasteiger partial charge in [-0.1, -0.05) is 142 Å². The molecule has 0 aliphatic rings. The zero-order valence-corrected chi connectivity index (χ0v) is 27.6. The zero-order chi connectivity index (χ0) is 30.0. The highest BCUT2D eigenvalue weighted by atomic mass is 16.6. The van der Waals surface area contributed by atoms with Crippen LogP contribution >= 0.6 is 0 Å². The summed E-state index contributed by atoms with van der Waals surface area (Å²) in [4.78, 5) is 12.3. The zero-order valence-electron chi connectivity index (χ0n) is 27.6. The molecule has 0 aromatic heterocycles. The maximum atomic E-state index is 12.3. The van der Waals surface area contributed by atoms with E-state index in [-0.39, 0.29) is 5.97 Å². The van der Waals surface area contributed by atoms with Crippen molar-refractivity contribution < 1.29 is 19.0 Å². The quantitative estimate of drug-likeness (QED) is 0.0629. The number of benzene rings is 1. The van der Waals surface area contributed by atoms with E-state index in [4.69, 9.17) is 14.2 Å². The third kappa shape index (κ3) is 21.4. The molecule has 1 aromatic carbocycles. The molecule has 0 aliphatic heterocycles. The van der Waals surface area contributed by atoms with E-state index in [0.717, 1.165) is 29.9 Å². The van der Waals surface area contributed by atoms with Crippen molar-refractivity contribution in [1.82, 2.24) is 0 Å². The van der Waals surface area contributed by atoms with Gasteiger partial charge in [0.15, 0.2) is 11.5 Å². The second kappa shape index (κ2) is 24.6. The highest BCUT2D eigenvalue weighted by Crippen LogP contribution is 2.33. The van der Waals surface area contributed by atoms with Crippen molar-refractivity contribution >= 4 is 12.0 Å². The van der Waals surface area contributed by atoms with E-state index in [1.165, 1.54) is 122 Å². The summed E-state index contributed by atoms with van der Waals surface area (Å²) in [6, 6.07) is 5.92. The van der Waals surface area contributed by atoms with Crippen molar-refractivity contribution in [3.05, 3.63) is 29.8 Å². The lowest BCUT2D eigenvalue weighted by Gasteiger charge is -2.18. The molecule has 0 atom stereocenters. The standard InChI is InChI=1S/C37H64O4/c1-6-8-10-12-14-16-18-20-22-24-31-39-34-28-26-27-33(29-30-35(38)41-37(3,4)5)36(34)40-32-25-23-21-19-17-15-13-11-9-7-2/h26-30H,6-25,31-32H2,1-5H3. The largest absolute Gasteiger partial charge is 0.490 e. The van der Waals surface area contributed by atoms with Gasteiger partial charge in [-0.3, -0.25) is 0 Å². The molecule has 1 rings (SSSR count). The molecule has 0 N–H and O–H groups in total. The number of rotatable bonds is 26. The Morgan fingerprint density at radius 2 is 1.07 bits per heavy atom. The smallest absolute Gasteiger partial charge is 0.331 e. The van der Waals surface area contributed by atoms with Crippen LogP contribution in [0.25, 0.3) is 6.08 Å². The fourth-order valence-electron chi connectivity index (χ4n) is 4.96. The van der Waals surface area contributed by atoms with Gasteiger partial charge in [0.2, 0.25) is 0 Å². The summed E-state index contributed by atoms with van der Waals surface area (Å²) in [6.07, 6.45) is 29.3. The monoisotopic (exact) mass is 572 g/mol. The van der Waals surface area contributed by atoms with Gasteiger partial charge in [-0.25, -0.2) is 4.79 Å². The van der Waals surface area contributed by atoms with Crippen LogP contribution in [0.3, 0.4) is 0 Å². The maximum Gasteiger partial charge on any atom is 0.331 e. The Hall–Kier alpha value is -1.97. The number of para-hydroxylation sites is 1. The summed E-state index contributed by atoms with van der Waals surface area (Å²) in [7, 11) is 0. The molecule has 4 nitrogen and oxygen atoms in total. The van der Waals surface area contributed by atoms with Gasteiger partial charge < -0.3 is 14.2 Å². The number of hydrogen-bond donors (Lipinski definition) is 0. The second-order valence-electron chi connectivity index (χ2n) is 12.6. The van der Waals surface area contributed by atoms with Crippen molar-refractivity contribution in [3.63, 3.8) is 0 Å². The van der Waals surface area contributed by atoms with Gasteiger partial charge in [-0.15, -0.1) is 0 Å². The molecule has 41 heavy (non-hydrogen) atoms. The highest BCUT2D eigenvalue weighted by Gasteiger charge is 2.15. The molecule has 0 spiro atoms. The van der Waals surface area contributed by atoms with Crippen molar-refractivity contribution in [2.24, 2.45) is 0 Å². The third-order valence-corrected chi connectivity index (χ3v) is 7.31. The summed E-state index contributed by atoms with van der Waals surface area (Å²) in [5.41, 5.74) is 0.333. The minimum absolute atomic E-state index is 0.352. The van der Waals surface area contributed by atoms with E-state index in [2.05, 4.69) is 13.8 Å². The molecule has 4 heteroatoms. The summed E-state index contributed by atoms with van der Waals surface area (Å²) < 4.78 is 18.0. The lowest BCUT2D eigenvalue weighted by molar-refractivity contribution is -0.148. The molecule has 0 fully saturated rings. The van der Waals surface area contributed by atoms with Crippen LogP contribution < -0.4 is 9.47 Å². The lowest BCUT2D eigenvalue weighted by Crippen LogP contribution is -2.22. The minimum Gasteiger partial charge on any atom is -0.490 e. The van der Waals surface area contributed by atoms with Gasteiger partial charge in [-0.2, -0.15) is 0 Å². The fraction of sp³-hybridized carbons (Fsp3) is 0.757. The van der Waals surface area contributed by atoms with Crippen molar-refractivity contribution in [2.75, 3.05) is 13.2 Å². The van der Waals surface area contributed by atoms with Gasteiger partial charge in [0, 0.05) is 11.6 Å². The van der Waals surface area contributed by atoms with Crippen LogP contribution in [0.4, 0.5) is 0 Å². The molecule has 0 radical (unpaired) electrons. The number of esters is 1. The molecule has 0 saturated carbocycles. The summed E-state index contributed by atoms with van der Waals surface area (Å²) in [5.74, 6) is 1.14. The SMILES string of the molecule is CCCCCCCCCCCCOc1cccc(C=CC(=O)OC(C)(C)C)c1OCCCCCCCCCCCC. The first-order chi connectivity index (χ1) is 19.9. The minimum atomic E-state index is -0.518. The van der Waals surface area contributed by atoms with Crippen LogP contribution in [0, 0.1) is 0 Å². The molecule has 0 aliphatic carbocycles. The van der Waals surface area contributed by atoms with Gasteiger partial charge in [0.1, 0.15) is 5.60 Å². The first kappa shape index (κ1) is 37.1. The van der Waals surface area contributed by atoms with Crippen LogP contribution in [0.5, 0.6) is 11.5 Å². The molecule has 0 heterocycles. The first-order valence-corrected chi connectivity index (χ1v) is 17.2. The predicted molar refractivity (Wildman–Crippen MR) is 176 cm³/mol. The van der Waals surface area contributed by atoms with E-state index in [1.54, 1.807) is 6.08 Å². The van der Waals surface area contributed by atoms with E-state index in [0.29, 0.717) is 13.2 Å². The average Bonchev–Trinajstić information content (AvgIpc) is 2.93. The Labute approximate surface area is 254 Å². The van der Waals surface area contributed by atoms with E-state index < -0.39 is 5.60 Å². The Bertz CT molecular complexity index is 793. The fourth-order valence-corrected chi connectivity index (χ4v) is 4.96. The molecular weight excluding hydrogens is 508 g/mol. The van der Waals surface area contributed by atoms with E-state index >= 15 is 0 Å². The Morgan fingerprint density at radius 1 is 0.634 bits per heavy atom. The van der Waals surface area contributed by atoms with Gasteiger partial charge in [0.05, 0.1) is 13.2 Å². The summed E-state index contributed by atoms with van der Waals surface area (Å²) in [6.45, 7) is 11.5. The molecular formula is C37H64O4. The summed E-state index contributed by atoms with van der Waals surface area (Å²) in [5, 5.41) is 0. The highest BCUT2D eigenvalue weighted by molar-refractivity contribution is 5.88. The van der Waals surface area contributed by atoms with Crippen molar-refractivity contribution in [2.45, 2.75) is 169 Å². The molecule has 1 aromatic rings. The van der Waals surface area contributed by atoms with Gasteiger partial charge in [0.25, 0.3) is 0 Å². The van der Waals surface area contributed by atoms with Gasteiger partial charge in [-0.05, 0) is 45.8 Å². The number of carbonyl (C=O) groups is 1. The molecule has 0 bridgehead atoms. The summed E-state index contributed by atoms with van der Waals surface area (Å²) >= 11 is 0. The lowest BCUT2D eigenvalue weighted by atomic mass is 10.1. The number of ether oxygens (including phenoxy) is 3. The van der Waals surface area contributed by atoms with Crippen LogP contribution in [0.15, 0.2) is 24.3 Å². The van der Waals surface area contributed by atoms with E-state index in [9.17, 15) is 4.79 Å². The maximum absolute atomic E-state index is 12.3. The molecule has 0 saturated heterocycles. The van der Waals surface area contributed by atoms with Crippen LogP contribution in [-0.2, 0) is 9.53 Å². The predicted octanol–water partition coefficient (Wildman–Crippen LogP) is 11.6. The van der Waals surface area contributed by atoms with E-state index in [1.807, 2.05) is 39.0 Å². The van der Waals surface area contributed by atoms with Gasteiger partial charge >= 0.3 is 5.97 Å². The third-order valence-electron chi connectivity index (χ3n) is 7.31. The Balaban J connectivity index is 2.53. The van der Waals surface area contributed by atoms with Crippen LogP contribution in [-0.4, -0.2) is 24.8 Å². The Kier molecular flexibility index (Phi) is 22.2. The number of hydrogen-bond acceptors (Lipinski definition) is 4.